The third-order valence-corrected chi connectivity index (χ3v) is 5.33. The average Bonchev–Trinajstić information content (AvgIpc) is 3.16. The third kappa shape index (κ3) is 5.86. The van der Waals surface area contributed by atoms with E-state index in [1.54, 1.807) is 0 Å². The van der Waals surface area contributed by atoms with Crippen LogP contribution >= 0.6 is 24.0 Å². The van der Waals surface area contributed by atoms with Crippen molar-refractivity contribution in [2.75, 3.05) is 26.2 Å². The maximum Gasteiger partial charge on any atom is 0.237 e. The number of nitrogens with zero attached hydrogens (tertiary/aromatic N) is 1. The minimum absolute atomic E-state index is 0. The first kappa shape index (κ1) is 21.0. The summed E-state index contributed by atoms with van der Waals surface area (Å²) in [6.07, 6.45) is 4.44. The van der Waals surface area contributed by atoms with Gasteiger partial charge in [0.1, 0.15) is 0 Å². The first-order valence-electron chi connectivity index (χ1n) is 9.15. The molecule has 26 heavy (non-hydrogen) atoms. The number of piperidine rings is 1. The van der Waals surface area contributed by atoms with Gasteiger partial charge < -0.3 is 15.5 Å². The topological polar surface area (TPSA) is 61.4 Å². The summed E-state index contributed by atoms with van der Waals surface area (Å²) in [5.74, 6) is 0.589. The van der Waals surface area contributed by atoms with Gasteiger partial charge in [0.05, 0.1) is 12.5 Å². The molecule has 0 aromatic heterocycles. The molecule has 2 heterocycles. The van der Waals surface area contributed by atoms with Crippen LogP contribution in [-0.2, 0) is 16.0 Å². The van der Waals surface area contributed by atoms with Crippen LogP contribution in [-0.4, -0.2) is 48.9 Å². The van der Waals surface area contributed by atoms with E-state index >= 15 is 0 Å². The molecule has 5 nitrogen and oxygen atoms in total. The number of amides is 2. The molecule has 2 aliphatic rings. The first-order valence-corrected chi connectivity index (χ1v) is 9.53. The Balaban J connectivity index is 0.00000243. The SMILES string of the molecule is Cl.O=C(NCC1CCCN(C(=O)Cc2ccc(Cl)cc2)C1)C1CCCN1. The molecule has 2 aliphatic heterocycles. The van der Waals surface area contributed by atoms with Gasteiger partial charge in [0.2, 0.25) is 11.8 Å². The number of rotatable bonds is 5. The lowest BCUT2D eigenvalue weighted by Gasteiger charge is -2.33. The van der Waals surface area contributed by atoms with Crippen LogP contribution in [0.3, 0.4) is 0 Å². The molecule has 2 N–H and O–H groups in total. The van der Waals surface area contributed by atoms with E-state index in [-0.39, 0.29) is 30.3 Å². The molecule has 7 heteroatoms. The number of hydrogen-bond donors (Lipinski definition) is 2. The second kappa shape index (κ2) is 10.1. The van der Waals surface area contributed by atoms with E-state index in [0.29, 0.717) is 23.9 Å². The monoisotopic (exact) mass is 399 g/mol. The zero-order valence-corrected chi connectivity index (χ0v) is 16.5. The van der Waals surface area contributed by atoms with Crippen LogP contribution in [0.4, 0.5) is 0 Å². The maximum atomic E-state index is 12.5. The van der Waals surface area contributed by atoms with Gasteiger partial charge in [0.25, 0.3) is 0 Å². The summed E-state index contributed by atoms with van der Waals surface area (Å²) in [6, 6.07) is 7.39. The van der Waals surface area contributed by atoms with Crippen molar-refractivity contribution >= 4 is 35.8 Å². The van der Waals surface area contributed by atoms with E-state index in [4.69, 9.17) is 11.6 Å². The van der Waals surface area contributed by atoms with Crippen molar-refractivity contribution in [3.05, 3.63) is 34.9 Å². The lowest BCUT2D eigenvalue weighted by atomic mass is 9.97. The minimum Gasteiger partial charge on any atom is -0.354 e. The van der Waals surface area contributed by atoms with Crippen LogP contribution < -0.4 is 10.6 Å². The molecule has 2 atom stereocenters. The molecule has 0 radical (unpaired) electrons. The fourth-order valence-corrected chi connectivity index (χ4v) is 3.75. The quantitative estimate of drug-likeness (QED) is 0.798. The Kier molecular flexibility index (Phi) is 8.19. The fraction of sp³-hybridized carbons (Fsp3) is 0.579. The van der Waals surface area contributed by atoms with E-state index in [1.807, 2.05) is 29.2 Å². The van der Waals surface area contributed by atoms with Crippen molar-refractivity contribution in [3.8, 4) is 0 Å². The van der Waals surface area contributed by atoms with Crippen LogP contribution in [0.5, 0.6) is 0 Å². The summed E-state index contributed by atoms with van der Waals surface area (Å²) >= 11 is 5.89. The van der Waals surface area contributed by atoms with Gasteiger partial charge in [0, 0.05) is 24.7 Å². The molecule has 2 fully saturated rings. The van der Waals surface area contributed by atoms with Gasteiger partial charge in [0.15, 0.2) is 0 Å². The Morgan fingerprint density at radius 2 is 1.96 bits per heavy atom. The average molecular weight is 400 g/mol. The lowest BCUT2D eigenvalue weighted by Crippen LogP contribution is -2.47. The summed E-state index contributed by atoms with van der Waals surface area (Å²) < 4.78 is 0. The van der Waals surface area contributed by atoms with Crippen LogP contribution in [0, 0.1) is 5.92 Å². The second-order valence-electron chi connectivity index (χ2n) is 7.05. The van der Waals surface area contributed by atoms with Gasteiger partial charge >= 0.3 is 0 Å². The summed E-state index contributed by atoms with van der Waals surface area (Å²) in [4.78, 5) is 26.6. The number of hydrogen-bond acceptors (Lipinski definition) is 3. The van der Waals surface area contributed by atoms with E-state index in [9.17, 15) is 9.59 Å². The minimum atomic E-state index is -0.0359. The highest BCUT2D eigenvalue weighted by molar-refractivity contribution is 6.30. The highest BCUT2D eigenvalue weighted by atomic mass is 35.5. The molecule has 1 aromatic rings. The predicted molar refractivity (Wildman–Crippen MR) is 106 cm³/mol. The molecular formula is C19H27Cl2N3O2. The normalized spacial score (nSPS) is 22.6. The summed E-state index contributed by atoms with van der Waals surface area (Å²) in [5.41, 5.74) is 0.983. The van der Waals surface area contributed by atoms with Crippen LogP contribution in [0.25, 0.3) is 0 Å². The predicted octanol–water partition coefficient (Wildman–Crippen LogP) is 2.41. The number of likely N-dealkylation sites (tertiary alicyclic amines) is 1. The van der Waals surface area contributed by atoms with Gasteiger partial charge in [-0.05, 0) is 55.8 Å². The van der Waals surface area contributed by atoms with E-state index in [0.717, 1.165) is 50.9 Å². The van der Waals surface area contributed by atoms with Gasteiger partial charge in [-0.15, -0.1) is 12.4 Å². The first-order chi connectivity index (χ1) is 12.1. The van der Waals surface area contributed by atoms with Gasteiger partial charge in [-0.1, -0.05) is 23.7 Å². The highest BCUT2D eigenvalue weighted by Gasteiger charge is 2.26. The van der Waals surface area contributed by atoms with Crippen molar-refractivity contribution in [3.63, 3.8) is 0 Å². The summed E-state index contributed by atoms with van der Waals surface area (Å²) in [6.45, 7) is 3.11. The molecule has 2 unspecified atom stereocenters. The van der Waals surface area contributed by atoms with E-state index in [1.165, 1.54) is 0 Å². The zero-order chi connectivity index (χ0) is 17.6. The third-order valence-electron chi connectivity index (χ3n) is 5.08. The van der Waals surface area contributed by atoms with Gasteiger partial charge in [-0.3, -0.25) is 9.59 Å². The fourth-order valence-electron chi connectivity index (χ4n) is 3.62. The van der Waals surface area contributed by atoms with E-state index < -0.39 is 0 Å². The molecule has 3 rings (SSSR count). The molecule has 1 aromatic carbocycles. The summed E-state index contributed by atoms with van der Waals surface area (Å²) in [5, 5.41) is 6.95. The van der Waals surface area contributed by atoms with Crippen molar-refractivity contribution in [2.45, 2.75) is 38.1 Å². The summed E-state index contributed by atoms with van der Waals surface area (Å²) in [7, 11) is 0. The van der Waals surface area contributed by atoms with Gasteiger partial charge in [-0.25, -0.2) is 0 Å². The lowest BCUT2D eigenvalue weighted by molar-refractivity contribution is -0.132. The molecule has 2 amide bonds. The Morgan fingerprint density at radius 3 is 2.65 bits per heavy atom. The van der Waals surface area contributed by atoms with Crippen LogP contribution in [0.1, 0.15) is 31.2 Å². The molecule has 0 spiro atoms. The Labute approximate surface area is 166 Å². The molecule has 0 bridgehead atoms. The van der Waals surface area contributed by atoms with Crippen molar-refractivity contribution in [1.29, 1.82) is 0 Å². The van der Waals surface area contributed by atoms with Crippen LogP contribution in [0.2, 0.25) is 5.02 Å². The molecule has 2 saturated heterocycles. The Hall–Kier alpha value is -1.30. The zero-order valence-electron chi connectivity index (χ0n) is 14.9. The number of carbonyl (C=O) groups is 2. The Bertz CT molecular complexity index is 603. The number of carbonyl (C=O) groups excluding carboxylic acids is 2. The number of nitrogens with one attached hydrogen (secondary N) is 2. The van der Waals surface area contributed by atoms with Crippen molar-refractivity contribution in [2.24, 2.45) is 5.92 Å². The molecule has 0 saturated carbocycles. The van der Waals surface area contributed by atoms with E-state index in [2.05, 4.69) is 10.6 Å². The molecular weight excluding hydrogens is 373 g/mol. The molecule has 0 aliphatic carbocycles. The number of halogens is 2. The standard InChI is InChI=1S/C19H26ClN3O2.ClH/c20-16-7-5-14(6-8-16)11-18(24)23-10-2-3-15(13-23)12-22-19(25)17-4-1-9-21-17;/h5-8,15,17,21H,1-4,9-13H2,(H,22,25);1H. The maximum absolute atomic E-state index is 12.5. The molecule has 144 valence electrons. The van der Waals surface area contributed by atoms with Crippen LogP contribution in [0.15, 0.2) is 24.3 Å². The van der Waals surface area contributed by atoms with Crippen molar-refractivity contribution < 1.29 is 9.59 Å². The van der Waals surface area contributed by atoms with Gasteiger partial charge in [-0.2, -0.15) is 0 Å². The Morgan fingerprint density at radius 1 is 1.19 bits per heavy atom. The highest BCUT2D eigenvalue weighted by Crippen LogP contribution is 2.18. The largest absolute Gasteiger partial charge is 0.354 e. The smallest absolute Gasteiger partial charge is 0.237 e. The van der Waals surface area contributed by atoms with Crippen molar-refractivity contribution in [1.82, 2.24) is 15.5 Å². The second-order valence-corrected chi connectivity index (χ2v) is 7.48. The number of benzene rings is 1.